The topological polar surface area (TPSA) is 93.6 Å². The molecule has 0 aliphatic carbocycles. The summed E-state index contributed by atoms with van der Waals surface area (Å²) in [6.45, 7) is 0. The highest BCUT2D eigenvalue weighted by atomic mass is 35.5. The van der Waals surface area contributed by atoms with E-state index in [0.29, 0.717) is 39.7 Å². The Morgan fingerprint density at radius 3 is 2.75 bits per heavy atom. The van der Waals surface area contributed by atoms with Crippen LogP contribution in [-0.2, 0) is 6.42 Å². The van der Waals surface area contributed by atoms with Crippen molar-refractivity contribution in [2.75, 3.05) is 5.73 Å². The number of hydrogen-bond acceptors (Lipinski definition) is 5. The molecule has 0 radical (unpaired) electrons. The van der Waals surface area contributed by atoms with Crippen molar-refractivity contribution in [2.45, 2.75) is 6.42 Å². The zero-order valence-electron chi connectivity index (χ0n) is 10.1. The molecular formula is C12H9Cl2N5O. The third-order valence-electron chi connectivity index (χ3n) is 2.64. The number of aromatic amines is 1. The predicted molar refractivity (Wildman–Crippen MR) is 75.6 cm³/mol. The average Bonchev–Trinajstić information content (AvgIpc) is 3.03. The molecule has 2 aromatic heterocycles. The first-order valence-corrected chi connectivity index (χ1v) is 6.45. The summed E-state index contributed by atoms with van der Waals surface area (Å²) in [6.07, 6.45) is 0.490. The first kappa shape index (κ1) is 13.0. The van der Waals surface area contributed by atoms with Gasteiger partial charge in [0.2, 0.25) is 0 Å². The van der Waals surface area contributed by atoms with Crippen molar-refractivity contribution in [3.63, 3.8) is 0 Å². The Bertz CT molecular complexity index is 752. The number of nitrogens with one attached hydrogen (secondary N) is 1. The van der Waals surface area contributed by atoms with E-state index in [0.717, 1.165) is 5.56 Å². The lowest BCUT2D eigenvalue weighted by Gasteiger charge is -1.99. The van der Waals surface area contributed by atoms with Crippen LogP contribution in [0.15, 0.2) is 28.8 Å². The van der Waals surface area contributed by atoms with Crippen molar-refractivity contribution < 1.29 is 4.52 Å². The minimum absolute atomic E-state index is 0.337. The summed E-state index contributed by atoms with van der Waals surface area (Å²) < 4.78 is 5.14. The number of H-pyrrole nitrogens is 1. The zero-order chi connectivity index (χ0) is 14.1. The number of hydrogen-bond donors (Lipinski definition) is 2. The van der Waals surface area contributed by atoms with E-state index < -0.39 is 0 Å². The van der Waals surface area contributed by atoms with Crippen molar-refractivity contribution in [3.8, 4) is 11.6 Å². The van der Waals surface area contributed by atoms with Crippen LogP contribution < -0.4 is 5.73 Å². The van der Waals surface area contributed by atoms with E-state index in [1.807, 2.05) is 6.07 Å². The number of benzene rings is 1. The second kappa shape index (κ2) is 5.15. The van der Waals surface area contributed by atoms with Gasteiger partial charge < -0.3 is 10.3 Å². The third-order valence-corrected chi connectivity index (χ3v) is 3.38. The van der Waals surface area contributed by atoms with Crippen molar-refractivity contribution in [1.82, 2.24) is 20.3 Å². The minimum Gasteiger partial charge on any atom is -0.382 e. The molecule has 102 valence electrons. The van der Waals surface area contributed by atoms with Gasteiger partial charge in [0, 0.05) is 12.5 Å². The number of anilines is 1. The van der Waals surface area contributed by atoms with Crippen LogP contribution in [0.3, 0.4) is 0 Å². The molecule has 0 spiro atoms. The molecular weight excluding hydrogens is 301 g/mol. The van der Waals surface area contributed by atoms with Crippen LogP contribution in [0.25, 0.3) is 11.6 Å². The number of halogens is 2. The molecule has 0 aliphatic rings. The van der Waals surface area contributed by atoms with E-state index in [4.69, 9.17) is 33.5 Å². The molecule has 0 saturated carbocycles. The Hall–Kier alpha value is -2.05. The van der Waals surface area contributed by atoms with Gasteiger partial charge in [0.15, 0.2) is 5.82 Å². The quantitative estimate of drug-likeness (QED) is 0.775. The maximum Gasteiger partial charge on any atom is 0.276 e. The van der Waals surface area contributed by atoms with Crippen LogP contribution >= 0.6 is 23.2 Å². The summed E-state index contributed by atoms with van der Waals surface area (Å²) in [5.41, 5.74) is 7.04. The fraction of sp³-hybridized carbons (Fsp3) is 0.0833. The average molecular weight is 310 g/mol. The highest BCUT2D eigenvalue weighted by Crippen LogP contribution is 2.24. The van der Waals surface area contributed by atoms with Crippen molar-refractivity contribution in [2.24, 2.45) is 0 Å². The van der Waals surface area contributed by atoms with Crippen LogP contribution in [0.5, 0.6) is 0 Å². The predicted octanol–water partition coefficient (Wildman–Crippen LogP) is 2.94. The van der Waals surface area contributed by atoms with Crippen LogP contribution in [0.2, 0.25) is 10.0 Å². The third kappa shape index (κ3) is 2.61. The Balaban J connectivity index is 1.82. The summed E-state index contributed by atoms with van der Waals surface area (Å²) in [7, 11) is 0. The van der Waals surface area contributed by atoms with E-state index in [2.05, 4.69) is 20.3 Å². The van der Waals surface area contributed by atoms with Crippen LogP contribution in [0, 0.1) is 0 Å². The van der Waals surface area contributed by atoms with Crippen molar-refractivity contribution >= 4 is 29.0 Å². The van der Waals surface area contributed by atoms with Gasteiger partial charge in [-0.25, -0.2) is 0 Å². The van der Waals surface area contributed by atoms with Gasteiger partial charge in [0.05, 0.1) is 10.0 Å². The smallest absolute Gasteiger partial charge is 0.276 e. The maximum atomic E-state index is 5.96. The molecule has 8 heteroatoms. The van der Waals surface area contributed by atoms with Gasteiger partial charge in [0.1, 0.15) is 11.5 Å². The van der Waals surface area contributed by atoms with E-state index in [-0.39, 0.29) is 0 Å². The molecule has 1 aromatic carbocycles. The Kier molecular flexibility index (Phi) is 3.33. The van der Waals surface area contributed by atoms with Crippen LogP contribution in [0.1, 0.15) is 11.4 Å². The molecule has 0 amide bonds. The van der Waals surface area contributed by atoms with Crippen molar-refractivity contribution in [1.29, 1.82) is 0 Å². The number of nitrogens with two attached hydrogens (primary N) is 1. The number of rotatable bonds is 3. The lowest BCUT2D eigenvalue weighted by Crippen LogP contribution is -1.91. The highest BCUT2D eigenvalue weighted by Gasteiger charge is 2.12. The molecule has 3 rings (SSSR count). The molecule has 0 unspecified atom stereocenters. The fourth-order valence-corrected chi connectivity index (χ4v) is 2.03. The van der Waals surface area contributed by atoms with Crippen molar-refractivity contribution in [3.05, 3.63) is 45.7 Å². The number of aromatic nitrogens is 4. The number of nitrogen functional groups attached to an aromatic ring is 1. The van der Waals surface area contributed by atoms with Gasteiger partial charge in [-0.15, -0.1) is 0 Å². The Morgan fingerprint density at radius 1 is 1.20 bits per heavy atom. The molecule has 20 heavy (non-hydrogen) atoms. The molecule has 0 atom stereocenters. The highest BCUT2D eigenvalue weighted by molar-refractivity contribution is 6.42. The summed E-state index contributed by atoms with van der Waals surface area (Å²) in [5.74, 6) is 1.24. The van der Waals surface area contributed by atoms with Gasteiger partial charge in [-0.1, -0.05) is 34.4 Å². The Morgan fingerprint density at radius 2 is 2.05 bits per heavy atom. The monoisotopic (exact) mass is 309 g/mol. The van der Waals surface area contributed by atoms with Gasteiger partial charge >= 0.3 is 0 Å². The number of nitrogens with zero attached hydrogens (tertiary/aromatic N) is 3. The SMILES string of the molecule is Nc1cc(-c2nc(Cc3ccc(Cl)c(Cl)c3)no2)[nH]n1. The normalized spacial score (nSPS) is 10.9. The lowest BCUT2D eigenvalue weighted by molar-refractivity contribution is 0.422. The summed E-state index contributed by atoms with van der Waals surface area (Å²) >= 11 is 11.8. The largest absolute Gasteiger partial charge is 0.382 e. The van der Waals surface area contributed by atoms with Gasteiger partial charge in [-0.2, -0.15) is 10.1 Å². The minimum atomic E-state index is 0.337. The zero-order valence-corrected chi connectivity index (χ0v) is 11.6. The first-order valence-electron chi connectivity index (χ1n) is 5.69. The van der Waals surface area contributed by atoms with E-state index >= 15 is 0 Å². The lowest BCUT2D eigenvalue weighted by atomic mass is 10.1. The molecule has 3 N–H and O–H groups in total. The molecule has 2 heterocycles. The second-order valence-electron chi connectivity index (χ2n) is 4.15. The summed E-state index contributed by atoms with van der Waals surface area (Å²) in [5, 5.41) is 11.4. The van der Waals surface area contributed by atoms with Gasteiger partial charge in [0.25, 0.3) is 5.89 Å². The van der Waals surface area contributed by atoms with Crippen LogP contribution in [-0.4, -0.2) is 20.3 Å². The Labute approximate surface area is 123 Å². The summed E-state index contributed by atoms with van der Waals surface area (Å²) in [6, 6.07) is 6.98. The molecule has 0 saturated heterocycles. The fourth-order valence-electron chi connectivity index (χ4n) is 1.71. The van der Waals surface area contributed by atoms with Crippen LogP contribution in [0.4, 0.5) is 5.82 Å². The maximum absolute atomic E-state index is 5.96. The summed E-state index contributed by atoms with van der Waals surface area (Å²) in [4.78, 5) is 4.26. The van der Waals surface area contributed by atoms with E-state index in [1.54, 1.807) is 18.2 Å². The van der Waals surface area contributed by atoms with Gasteiger partial charge in [-0.3, -0.25) is 5.10 Å². The molecule has 3 aromatic rings. The van der Waals surface area contributed by atoms with E-state index in [9.17, 15) is 0 Å². The molecule has 0 fully saturated rings. The standard InChI is InChI=1S/C12H9Cl2N5O/c13-7-2-1-6(3-8(7)14)4-11-16-12(20-19-11)9-5-10(15)18-17-9/h1-3,5H,4H2,(H3,15,17,18). The molecule has 0 bridgehead atoms. The van der Waals surface area contributed by atoms with Gasteiger partial charge in [-0.05, 0) is 17.7 Å². The molecule has 6 nitrogen and oxygen atoms in total. The molecule has 0 aliphatic heterocycles. The van der Waals surface area contributed by atoms with E-state index in [1.165, 1.54) is 0 Å². The first-order chi connectivity index (χ1) is 9.61. The second-order valence-corrected chi connectivity index (χ2v) is 4.96.